The lowest BCUT2D eigenvalue weighted by Gasteiger charge is -2.03. The van der Waals surface area contributed by atoms with Gasteiger partial charge in [0, 0.05) is 16.7 Å². The summed E-state index contributed by atoms with van der Waals surface area (Å²) in [6.45, 7) is 0. The van der Waals surface area contributed by atoms with E-state index >= 15 is 0 Å². The molecule has 0 aliphatic heterocycles. The monoisotopic (exact) mass is 252 g/mol. The maximum atomic E-state index is 12.9. The molecule has 0 atom stereocenters. The third-order valence-electron chi connectivity index (χ3n) is 2.15. The summed E-state index contributed by atoms with van der Waals surface area (Å²) in [7, 11) is 0. The van der Waals surface area contributed by atoms with Gasteiger partial charge in [0.05, 0.1) is 0 Å². The first-order chi connectivity index (χ1) is 8.13. The third-order valence-corrected chi connectivity index (χ3v) is 3.21. The van der Waals surface area contributed by atoms with E-state index in [2.05, 4.69) is 0 Å². The number of hydrogen-bond acceptors (Lipinski definition) is 2. The first-order valence-corrected chi connectivity index (χ1v) is 5.99. The summed E-state index contributed by atoms with van der Waals surface area (Å²) in [6.07, 6.45) is 0. The molecule has 2 aromatic carbocycles. The van der Waals surface area contributed by atoms with Crippen molar-refractivity contribution in [1.29, 1.82) is 0 Å². The van der Waals surface area contributed by atoms with Gasteiger partial charge in [-0.15, -0.1) is 11.8 Å². The van der Waals surface area contributed by atoms with Crippen LogP contribution < -0.4 is 0 Å². The normalized spacial score (nSPS) is 10.5. The van der Waals surface area contributed by atoms with Gasteiger partial charge in [-0.05, 0) is 35.9 Å². The summed E-state index contributed by atoms with van der Waals surface area (Å²) in [6, 6.07) is 10.2. The molecule has 0 radical (unpaired) electrons. The van der Waals surface area contributed by atoms with E-state index in [1.54, 1.807) is 18.2 Å². The van der Waals surface area contributed by atoms with E-state index in [-0.39, 0.29) is 5.75 Å². The van der Waals surface area contributed by atoms with E-state index in [9.17, 15) is 13.9 Å². The summed E-state index contributed by atoms with van der Waals surface area (Å²) >= 11 is 1.41. The molecule has 0 aromatic heterocycles. The molecule has 0 heterocycles. The van der Waals surface area contributed by atoms with Gasteiger partial charge in [0.25, 0.3) is 0 Å². The van der Waals surface area contributed by atoms with Gasteiger partial charge in [-0.3, -0.25) is 0 Å². The van der Waals surface area contributed by atoms with E-state index in [0.29, 0.717) is 11.3 Å². The molecule has 0 fully saturated rings. The average Bonchev–Trinajstić information content (AvgIpc) is 2.25. The second-order valence-corrected chi connectivity index (χ2v) is 4.61. The standard InChI is InChI=1S/C13H10F2OS/c14-10-4-9(5-11(15)6-10)8-17-13-3-1-2-12(16)7-13/h1-7,16H,8H2. The van der Waals surface area contributed by atoms with Crippen molar-refractivity contribution in [3.8, 4) is 5.75 Å². The first-order valence-electron chi connectivity index (χ1n) is 5.00. The van der Waals surface area contributed by atoms with E-state index in [4.69, 9.17) is 0 Å². The highest BCUT2D eigenvalue weighted by Crippen LogP contribution is 2.26. The van der Waals surface area contributed by atoms with Crippen LogP contribution in [0.4, 0.5) is 8.78 Å². The van der Waals surface area contributed by atoms with Crippen LogP contribution >= 0.6 is 11.8 Å². The summed E-state index contributed by atoms with van der Waals surface area (Å²) in [4.78, 5) is 0.856. The molecule has 17 heavy (non-hydrogen) atoms. The van der Waals surface area contributed by atoms with Crippen LogP contribution in [0, 0.1) is 11.6 Å². The lowest BCUT2D eigenvalue weighted by atomic mass is 10.2. The number of benzene rings is 2. The molecule has 2 rings (SSSR count). The summed E-state index contributed by atoms with van der Waals surface area (Å²) < 4.78 is 25.9. The van der Waals surface area contributed by atoms with Crippen molar-refractivity contribution >= 4 is 11.8 Å². The van der Waals surface area contributed by atoms with Crippen LogP contribution in [0.1, 0.15) is 5.56 Å². The molecule has 0 aliphatic rings. The minimum atomic E-state index is -0.573. The summed E-state index contributed by atoms with van der Waals surface area (Å²) in [5.74, 6) is -0.508. The van der Waals surface area contributed by atoms with Gasteiger partial charge in [0.2, 0.25) is 0 Å². The van der Waals surface area contributed by atoms with Gasteiger partial charge < -0.3 is 5.11 Å². The molecule has 1 nitrogen and oxygen atoms in total. The Bertz CT molecular complexity index is 508. The molecule has 0 amide bonds. The number of phenolic OH excluding ortho intramolecular Hbond substituents is 1. The molecule has 0 bridgehead atoms. The van der Waals surface area contributed by atoms with Crippen LogP contribution in [0.25, 0.3) is 0 Å². The minimum Gasteiger partial charge on any atom is -0.508 e. The lowest BCUT2D eigenvalue weighted by Crippen LogP contribution is -1.86. The summed E-state index contributed by atoms with van der Waals surface area (Å²) in [5.41, 5.74) is 0.579. The molecule has 0 unspecified atom stereocenters. The number of phenols is 1. The van der Waals surface area contributed by atoms with Crippen molar-refractivity contribution in [3.05, 3.63) is 59.7 Å². The van der Waals surface area contributed by atoms with Gasteiger partial charge in [-0.2, -0.15) is 0 Å². The number of thioether (sulfide) groups is 1. The van der Waals surface area contributed by atoms with Crippen molar-refractivity contribution in [2.24, 2.45) is 0 Å². The Balaban J connectivity index is 2.07. The van der Waals surface area contributed by atoms with Crippen LogP contribution in [0.2, 0.25) is 0 Å². The van der Waals surface area contributed by atoms with Crippen LogP contribution in [-0.2, 0) is 5.75 Å². The quantitative estimate of drug-likeness (QED) is 0.834. The molecule has 0 saturated carbocycles. The van der Waals surface area contributed by atoms with Gasteiger partial charge in [0.15, 0.2) is 0 Å². The minimum absolute atomic E-state index is 0.181. The van der Waals surface area contributed by atoms with Crippen molar-refractivity contribution in [1.82, 2.24) is 0 Å². The molecule has 88 valence electrons. The second-order valence-electron chi connectivity index (χ2n) is 3.56. The largest absolute Gasteiger partial charge is 0.508 e. The zero-order chi connectivity index (χ0) is 12.3. The fourth-order valence-electron chi connectivity index (χ4n) is 1.43. The molecule has 4 heteroatoms. The molecule has 1 N–H and O–H groups in total. The van der Waals surface area contributed by atoms with Crippen molar-refractivity contribution in [2.75, 3.05) is 0 Å². The lowest BCUT2D eigenvalue weighted by molar-refractivity contribution is 0.474. The number of hydrogen-bond donors (Lipinski definition) is 1. The SMILES string of the molecule is Oc1cccc(SCc2cc(F)cc(F)c2)c1. The zero-order valence-corrected chi connectivity index (χ0v) is 9.68. The third kappa shape index (κ3) is 3.46. The summed E-state index contributed by atoms with van der Waals surface area (Å²) in [5, 5.41) is 9.27. The maximum Gasteiger partial charge on any atom is 0.126 e. The van der Waals surface area contributed by atoms with Gasteiger partial charge in [0.1, 0.15) is 17.4 Å². The Hall–Kier alpha value is -1.55. The van der Waals surface area contributed by atoms with Crippen LogP contribution in [0.3, 0.4) is 0 Å². The number of rotatable bonds is 3. The van der Waals surface area contributed by atoms with Gasteiger partial charge in [-0.25, -0.2) is 8.78 Å². The van der Waals surface area contributed by atoms with Crippen LogP contribution in [0.5, 0.6) is 5.75 Å². The Kier molecular flexibility index (Phi) is 3.64. The highest BCUT2D eigenvalue weighted by Gasteiger charge is 2.02. The van der Waals surface area contributed by atoms with E-state index in [0.717, 1.165) is 11.0 Å². The van der Waals surface area contributed by atoms with Crippen molar-refractivity contribution in [3.63, 3.8) is 0 Å². The molecular weight excluding hydrogens is 242 g/mol. The van der Waals surface area contributed by atoms with E-state index < -0.39 is 11.6 Å². The Morgan fingerprint density at radius 1 is 1.00 bits per heavy atom. The van der Waals surface area contributed by atoms with Gasteiger partial charge >= 0.3 is 0 Å². The van der Waals surface area contributed by atoms with Crippen LogP contribution in [0.15, 0.2) is 47.4 Å². The number of aromatic hydroxyl groups is 1. The molecule has 0 aliphatic carbocycles. The highest BCUT2D eigenvalue weighted by molar-refractivity contribution is 7.98. The first kappa shape index (κ1) is 11.9. The zero-order valence-electron chi connectivity index (χ0n) is 8.86. The van der Waals surface area contributed by atoms with Crippen molar-refractivity contribution < 1.29 is 13.9 Å². The Morgan fingerprint density at radius 3 is 2.35 bits per heavy atom. The predicted octanol–water partition coefficient (Wildman–Crippen LogP) is 3.96. The van der Waals surface area contributed by atoms with Gasteiger partial charge in [-0.1, -0.05) is 6.07 Å². The predicted molar refractivity (Wildman–Crippen MR) is 64.0 cm³/mol. The fraction of sp³-hybridized carbons (Fsp3) is 0.0769. The Morgan fingerprint density at radius 2 is 1.71 bits per heavy atom. The second kappa shape index (κ2) is 5.19. The smallest absolute Gasteiger partial charge is 0.126 e. The Labute approximate surface area is 102 Å². The molecule has 0 saturated heterocycles. The average molecular weight is 252 g/mol. The molecule has 0 spiro atoms. The molecule has 2 aromatic rings. The maximum absolute atomic E-state index is 12.9. The highest BCUT2D eigenvalue weighted by atomic mass is 32.2. The van der Waals surface area contributed by atoms with Crippen LogP contribution in [-0.4, -0.2) is 5.11 Å². The topological polar surface area (TPSA) is 20.2 Å². The number of halogens is 2. The van der Waals surface area contributed by atoms with Crippen molar-refractivity contribution in [2.45, 2.75) is 10.6 Å². The molecular formula is C13H10F2OS. The fourth-order valence-corrected chi connectivity index (χ4v) is 2.31. The van der Waals surface area contributed by atoms with E-state index in [1.807, 2.05) is 6.07 Å². The van der Waals surface area contributed by atoms with E-state index in [1.165, 1.54) is 23.9 Å².